The summed E-state index contributed by atoms with van der Waals surface area (Å²) in [5, 5.41) is 4.63. The molecule has 0 amide bonds. The number of likely N-dealkylation sites (tertiary alicyclic amines) is 1. The smallest absolute Gasteiger partial charge is 0.0796 e. The lowest BCUT2D eigenvalue weighted by atomic mass is 10.1. The van der Waals surface area contributed by atoms with Crippen molar-refractivity contribution >= 4 is 0 Å². The summed E-state index contributed by atoms with van der Waals surface area (Å²) in [7, 11) is 1.99. The second kappa shape index (κ2) is 6.18. The minimum atomic E-state index is 0.451. The highest BCUT2D eigenvalue weighted by Crippen LogP contribution is 2.30. The zero-order valence-electron chi connectivity index (χ0n) is 12.1. The summed E-state index contributed by atoms with van der Waals surface area (Å²) in [6, 6.07) is 6.84. The summed E-state index contributed by atoms with van der Waals surface area (Å²) in [6.07, 6.45) is 10.9. The first-order chi connectivity index (χ1) is 9.83. The molecule has 1 aliphatic heterocycles. The third kappa shape index (κ3) is 3.07. The van der Waals surface area contributed by atoms with Gasteiger partial charge < -0.3 is 0 Å². The van der Waals surface area contributed by atoms with Gasteiger partial charge in [0.05, 0.1) is 11.7 Å². The van der Waals surface area contributed by atoms with Crippen molar-refractivity contribution in [1.29, 1.82) is 0 Å². The van der Waals surface area contributed by atoms with E-state index in [0.717, 1.165) is 13.1 Å². The highest BCUT2D eigenvalue weighted by atomic mass is 15.3. The lowest BCUT2D eigenvalue weighted by Crippen LogP contribution is -2.28. The van der Waals surface area contributed by atoms with Gasteiger partial charge in [-0.1, -0.05) is 12.8 Å². The second-order valence-corrected chi connectivity index (χ2v) is 5.61. The Bertz CT molecular complexity index is 534. The van der Waals surface area contributed by atoms with Gasteiger partial charge in [-0.15, -0.1) is 0 Å². The molecule has 1 saturated heterocycles. The van der Waals surface area contributed by atoms with Crippen molar-refractivity contribution in [1.82, 2.24) is 19.7 Å². The van der Waals surface area contributed by atoms with Crippen molar-refractivity contribution in [3.8, 4) is 0 Å². The Balaban J connectivity index is 1.80. The number of hydrogen-bond donors (Lipinski definition) is 0. The Labute approximate surface area is 120 Å². The maximum absolute atomic E-state index is 4.63. The first-order valence-corrected chi connectivity index (χ1v) is 7.45. The van der Waals surface area contributed by atoms with E-state index in [0.29, 0.717) is 6.04 Å². The molecule has 2 aromatic heterocycles. The molecule has 1 fully saturated rings. The van der Waals surface area contributed by atoms with Gasteiger partial charge in [-0.05, 0) is 43.1 Å². The van der Waals surface area contributed by atoms with Crippen LogP contribution in [0.25, 0.3) is 0 Å². The highest BCUT2D eigenvalue weighted by molar-refractivity contribution is 5.12. The van der Waals surface area contributed by atoms with Crippen LogP contribution in [0.3, 0.4) is 0 Å². The van der Waals surface area contributed by atoms with E-state index >= 15 is 0 Å². The lowest BCUT2D eigenvalue weighted by molar-refractivity contribution is 0.188. The van der Waals surface area contributed by atoms with E-state index in [2.05, 4.69) is 33.2 Å². The van der Waals surface area contributed by atoms with Crippen LogP contribution in [0.15, 0.2) is 36.8 Å². The van der Waals surface area contributed by atoms with E-state index in [1.165, 1.54) is 36.9 Å². The Morgan fingerprint density at radius 3 is 2.75 bits per heavy atom. The molecule has 106 valence electrons. The number of pyridine rings is 1. The van der Waals surface area contributed by atoms with Crippen molar-refractivity contribution < 1.29 is 0 Å². The van der Waals surface area contributed by atoms with Gasteiger partial charge in [0.15, 0.2) is 0 Å². The Morgan fingerprint density at radius 1 is 1.15 bits per heavy atom. The zero-order valence-corrected chi connectivity index (χ0v) is 12.1. The largest absolute Gasteiger partial charge is 0.290 e. The molecular weight excluding hydrogens is 248 g/mol. The predicted molar refractivity (Wildman–Crippen MR) is 79.1 cm³/mol. The van der Waals surface area contributed by atoms with Gasteiger partial charge in [0.2, 0.25) is 0 Å². The molecule has 0 aromatic carbocycles. The normalized spacial score (nSPS) is 20.8. The summed E-state index contributed by atoms with van der Waals surface area (Å²) < 4.78 is 1.91. The summed E-state index contributed by atoms with van der Waals surface area (Å²) in [6.45, 7) is 2.15. The van der Waals surface area contributed by atoms with Gasteiger partial charge in [0, 0.05) is 32.2 Å². The molecular formula is C16H22N4. The standard InChI is InChI=1S/C16H22N4/c1-19-12-8-15(18-19)16-5-3-2-4-11-20(16)13-14-6-9-17-10-7-14/h6-10,12,16H,2-5,11,13H2,1H3/t16-/m1/s1. The molecule has 1 aliphatic rings. The van der Waals surface area contributed by atoms with Crippen molar-refractivity contribution in [3.05, 3.63) is 48.0 Å². The van der Waals surface area contributed by atoms with Crippen molar-refractivity contribution in [2.45, 2.75) is 38.3 Å². The molecule has 0 spiro atoms. The van der Waals surface area contributed by atoms with Gasteiger partial charge in [0.25, 0.3) is 0 Å². The Morgan fingerprint density at radius 2 is 2.00 bits per heavy atom. The van der Waals surface area contributed by atoms with E-state index in [4.69, 9.17) is 0 Å². The van der Waals surface area contributed by atoms with Crippen molar-refractivity contribution in [2.75, 3.05) is 6.54 Å². The molecule has 0 saturated carbocycles. The molecule has 0 N–H and O–H groups in total. The van der Waals surface area contributed by atoms with E-state index < -0.39 is 0 Å². The monoisotopic (exact) mass is 270 g/mol. The Kier molecular flexibility index (Phi) is 4.11. The first-order valence-electron chi connectivity index (χ1n) is 7.45. The summed E-state index contributed by atoms with van der Waals surface area (Å²) in [5.74, 6) is 0. The predicted octanol–water partition coefficient (Wildman–Crippen LogP) is 2.93. The molecule has 1 atom stereocenters. The maximum Gasteiger partial charge on any atom is 0.0796 e. The second-order valence-electron chi connectivity index (χ2n) is 5.61. The quantitative estimate of drug-likeness (QED) is 0.860. The SMILES string of the molecule is Cn1ccc([C@H]2CCCCCN2Cc2ccncc2)n1. The fourth-order valence-electron chi connectivity index (χ4n) is 3.03. The first kappa shape index (κ1) is 13.3. The lowest BCUT2D eigenvalue weighted by Gasteiger charge is -2.28. The van der Waals surface area contributed by atoms with Gasteiger partial charge in [0.1, 0.15) is 0 Å². The average Bonchev–Trinajstić information content (AvgIpc) is 2.76. The molecule has 20 heavy (non-hydrogen) atoms. The average molecular weight is 270 g/mol. The molecule has 0 radical (unpaired) electrons. The molecule has 4 nitrogen and oxygen atoms in total. The molecule has 2 aromatic rings. The molecule has 0 bridgehead atoms. The summed E-state index contributed by atoms with van der Waals surface area (Å²) in [5.41, 5.74) is 2.55. The molecule has 0 aliphatic carbocycles. The van der Waals surface area contributed by atoms with E-state index in [1.807, 2.05) is 30.3 Å². The number of nitrogens with zero attached hydrogens (tertiary/aromatic N) is 4. The number of aryl methyl sites for hydroxylation is 1. The van der Waals surface area contributed by atoms with Crippen LogP contribution in [0.1, 0.15) is 43.0 Å². The fraction of sp³-hybridized carbons (Fsp3) is 0.500. The highest BCUT2D eigenvalue weighted by Gasteiger charge is 2.24. The van der Waals surface area contributed by atoms with Crippen LogP contribution >= 0.6 is 0 Å². The Hall–Kier alpha value is -1.68. The molecule has 4 heteroatoms. The van der Waals surface area contributed by atoms with Crippen molar-refractivity contribution in [3.63, 3.8) is 0 Å². The van der Waals surface area contributed by atoms with Crippen molar-refractivity contribution in [2.24, 2.45) is 7.05 Å². The minimum Gasteiger partial charge on any atom is -0.290 e. The van der Waals surface area contributed by atoms with Crippen LogP contribution in [0.2, 0.25) is 0 Å². The van der Waals surface area contributed by atoms with Gasteiger partial charge in [-0.25, -0.2) is 0 Å². The number of rotatable bonds is 3. The van der Waals surface area contributed by atoms with Crippen LogP contribution in [0, 0.1) is 0 Å². The number of hydrogen-bond acceptors (Lipinski definition) is 3. The molecule has 3 rings (SSSR count). The third-order valence-electron chi connectivity index (χ3n) is 4.07. The van der Waals surface area contributed by atoms with E-state index in [1.54, 1.807) is 0 Å². The molecule has 3 heterocycles. The fourth-order valence-corrected chi connectivity index (χ4v) is 3.03. The third-order valence-corrected chi connectivity index (χ3v) is 4.07. The maximum atomic E-state index is 4.63. The van der Waals surface area contributed by atoms with Gasteiger partial charge >= 0.3 is 0 Å². The topological polar surface area (TPSA) is 34.0 Å². The van der Waals surface area contributed by atoms with Crippen LogP contribution < -0.4 is 0 Å². The van der Waals surface area contributed by atoms with Gasteiger partial charge in [-0.2, -0.15) is 5.10 Å². The van der Waals surface area contributed by atoms with E-state index in [-0.39, 0.29) is 0 Å². The summed E-state index contributed by atoms with van der Waals surface area (Å²) in [4.78, 5) is 6.68. The van der Waals surface area contributed by atoms with Crippen LogP contribution in [-0.4, -0.2) is 26.2 Å². The van der Waals surface area contributed by atoms with Crippen LogP contribution in [0.5, 0.6) is 0 Å². The van der Waals surface area contributed by atoms with Crippen LogP contribution in [0.4, 0.5) is 0 Å². The zero-order chi connectivity index (χ0) is 13.8. The number of aromatic nitrogens is 3. The van der Waals surface area contributed by atoms with Crippen LogP contribution in [-0.2, 0) is 13.6 Å². The van der Waals surface area contributed by atoms with Gasteiger partial charge in [-0.3, -0.25) is 14.6 Å². The summed E-state index contributed by atoms with van der Waals surface area (Å²) >= 11 is 0. The minimum absolute atomic E-state index is 0.451. The molecule has 0 unspecified atom stereocenters. The van der Waals surface area contributed by atoms with E-state index in [9.17, 15) is 0 Å².